The van der Waals surface area contributed by atoms with Crippen molar-refractivity contribution in [3.63, 3.8) is 0 Å². The molecule has 1 aromatic rings. The van der Waals surface area contributed by atoms with Gasteiger partial charge in [-0.05, 0) is 63.8 Å². The summed E-state index contributed by atoms with van der Waals surface area (Å²) in [7, 11) is 0. The molecule has 1 rings (SSSR count). The molecular weight excluding hydrogens is 236 g/mol. The minimum atomic E-state index is -0.868. The molecule has 0 saturated carbocycles. The van der Waals surface area contributed by atoms with Gasteiger partial charge in [-0.3, -0.25) is 0 Å². The standard InChI is InChI=1S/C17H22O2/c1-12(2)5-7-14-9-10-16(17(18)19)11-15(14)8-6-13(3)4/h5-6,9-11H,7-8H2,1-4H3,(H,18,19). The second-order valence-electron chi connectivity index (χ2n) is 5.26. The Balaban J connectivity index is 3.10. The number of carbonyl (C=O) groups is 1. The van der Waals surface area contributed by atoms with Crippen molar-refractivity contribution in [3.05, 3.63) is 58.2 Å². The Labute approximate surface area is 115 Å². The molecule has 0 spiro atoms. The summed E-state index contributed by atoms with van der Waals surface area (Å²) in [6, 6.07) is 5.40. The molecule has 1 aromatic carbocycles. The maximum atomic E-state index is 11.0. The van der Waals surface area contributed by atoms with Gasteiger partial charge in [0.05, 0.1) is 5.56 Å². The van der Waals surface area contributed by atoms with Crippen molar-refractivity contribution < 1.29 is 9.90 Å². The second kappa shape index (κ2) is 6.93. The predicted octanol–water partition coefficient (Wildman–Crippen LogP) is 4.40. The maximum absolute atomic E-state index is 11.0. The summed E-state index contributed by atoms with van der Waals surface area (Å²) in [6.45, 7) is 8.25. The molecular formula is C17H22O2. The minimum Gasteiger partial charge on any atom is -0.478 e. The zero-order valence-corrected chi connectivity index (χ0v) is 12.2. The Morgan fingerprint density at radius 1 is 1.00 bits per heavy atom. The molecule has 0 atom stereocenters. The van der Waals surface area contributed by atoms with Crippen molar-refractivity contribution in [2.45, 2.75) is 40.5 Å². The Kier molecular flexibility index (Phi) is 5.56. The first kappa shape index (κ1) is 15.2. The molecule has 0 amide bonds. The van der Waals surface area contributed by atoms with Crippen molar-refractivity contribution in [2.24, 2.45) is 0 Å². The van der Waals surface area contributed by atoms with E-state index in [1.54, 1.807) is 12.1 Å². The highest BCUT2D eigenvalue weighted by Crippen LogP contribution is 2.16. The molecule has 2 heteroatoms. The van der Waals surface area contributed by atoms with Crippen molar-refractivity contribution in [2.75, 3.05) is 0 Å². The highest BCUT2D eigenvalue weighted by Gasteiger charge is 2.07. The van der Waals surface area contributed by atoms with Gasteiger partial charge in [0.2, 0.25) is 0 Å². The third-order valence-corrected chi connectivity index (χ3v) is 2.91. The largest absolute Gasteiger partial charge is 0.478 e. The van der Waals surface area contributed by atoms with Crippen LogP contribution in [0.3, 0.4) is 0 Å². The van der Waals surface area contributed by atoms with Gasteiger partial charge >= 0.3 is 5.97 Å². The van der Waals surface area contributed by atoms with Crippen molar-refractivity contribution in [1.82, 2.24) is 0 Å². The van der Waals surface area contributed by atoms with E-state index in [0.29, 0.717) is 5.56 Å². The zero-order valence-electron chi connectivity index (χ0n) is 12.2. The maximum Gasteiger partial charge on any atom is 0.335 e. The number of rotatable bonds is 5. The zero-order chi connectivity index (χ0) is 14.4. The molecule has 0 aliphatic heterocycles. The van der Waals surface area contributed by atoms with E-state index in [4.69, 9.17) is 5.11 Å². The lowest BCUT2D eigenvalue weighted by atomic mass is 9.97. The summed E-state index contributed by atoms with van der Waals surface area (Å²) >= 11 is 0. The molecule has 1 N–H and O–H groups in total. The number of carboxylic acids is 1. The fourth-order valence-corrected chi connectivity index (χ4v) is 1.78. The summed E-state index contributed by atoms with van der Waals surface area (Å²) in [5, 5.41) is 9.07. The molecule has 0 aromatic heterocycles. The Morgan fingerprint density at radius 3 is 2.00 bits per heavy atom. The number of carboxylic acid groups (broad SMARTS) is 1. The number of aromatic carboxylic acids is 1. The van der Waals surface area contributed by atoms with E-state index in [-0.39, 0.29) is 0 Å². The normalized spacial score (nSPS) is 9.89. The van der Waals surface area contributed by atoms with Crippen LogP contribution >= 0.6 is 0 Å². The van der Waals surface area contributed by atoms with Crippen LogP contribution in [0.5, 0.6) is 0 Å². The number of benzene rings is 1. The second-order valence-corrected chi connectivity index (χ2v) is 5.26. The first-order chi connectivity index (χ1) is 8.90. The average molecular weight is 258 g/mol. The van der Waals surface area contributed by atoms with Crippen LogP contribution in [0.15, 0.2) is 41.5 Å². The molecule has 0 saturated heterocycles. The molecule has 0 aliphatic rings. The molecule has 2 nitrogen and oxygen atoms in total. The highest BCUT2D eigenvalue weighted by molar-refractivity contribution is 5.87. The van der Waals surface area contributed by atoms with Crippen molar-refractivity contribution in [3.8, 4) is 0 Å². The number of hydrogen-bond donors (Lipinski definition) is 1. The molecule has 0 bridgehead atoms. The van der Waals surface area contributed by atoms with Crippen LogP contribution < -0.4 is 0 Å². The van der Waals surface area contributed by atoms with E-state index in [0.717, 1.165) is 18.4 Å². The summed E-state index contributed by atoms with van der Waals surface area (Å²) in [5.74, 6) is -0.868. The van der Waals surface area contributed by atoms with Crippen LogP contribution in [0, 0.1) is 0 Å². The van der Waals surface area contributed by atoms with E-state index in [2.05, 4.69) is 39.8 Å². The van der Waals surface area contributed by atoms with Crippen LogP contribution in [0.4, 0.5) is 0 Å². The van der Waals surface area contributed by atoms with E-state index in [1.165, 1.54) is 16.7 Å². The summed E-state index contributed by atoms with van der Waals surface area (Å²) in [5.41, 5.74) is 5.17. The van der Waals surface area contributed by atoms with Crippen LogP contribution in [-0.2, 0) is 12.8 Å². The lowest BCUT2D eigenvalue weighted by Gasteiger charge is -2.08. The van der Waals surface area contributed by atoms with Gasteiger partial charge in [-0.2, -0.15) is 0 Å². The first-order valence-electron chi connectivity index (χ1n) is 6.52. The van der Waals surface area contributed by atoms with E-state index >= 15 is 0 Å². The minimum absolute atomic E-state index is 0.359. The van der Waals surface area contributed by atoms with Gasteiger partial charge in [0, 0.05) is 0 Å². The van der Waals surface area contributed by atoms with Crippen LogP contribution in [0.2, 0.25) is 0 Å². The van der Waals surface area contributed by atoms with Gasteiger partial charge in [-0.25, -0.2) is 4.79 Å². The number of allylic oxidation sites excluding steroid dienone is 4. The van der Waals surface area contributed by atoms with Crippen molar-refractivity contribution >= 4 is 5.97 Å². The molecule has 0 fully saturated rings. The fraction of sp³-hybridized carbons (Fsp3) is 0.353. The lowest BCUT2D eigenvalue weighted by molar-refractivity contribution is 0.0697. The molecule has 0 aliphatic carbocycles. The van der Waals surface area contributed by atoms with Gasteiger partial charge in [0.15, 0.2) is 0 Å². The SMILES string of the molecule is CC(C)=CCc1ccc(C(=O)O)cc1CC=C(C)C. The number of hydrogen-bond acceptors (Lipinski definition) is 1. The quantitative estimate of drug-likeness (QED) is 0.795. The summed E-state index contributed by atoms with van der Waals surface area (Å²) < 4.78 is 0. The third-order valence-electron chi connectivity index (χ3n) is 2.91. The van der Waals surface area contributed by atoms with Crippen molar-refractivity contribution in [1.29, 1.82) is 0 Å². The van der Waals surface area contributed by atoms with Crippen LogP contribution in [-0.4, -0.2) is 11.1 Å². The first-order valence-corrected chi connectivity index (χ1v) is 6.52. The molecule has 0 radical (unpaired) electrons. The lowest BCUT2D eigenvalue weighted by Crippen LogP contribution is -2.00. The fourth-order valence-electron chi connectivity index (χ4n) is 1.78. The van der Waals surface area contributed by atoms with Gasteiger partial charge in [0.25, 0.3) is 0 Å². The smallest absolute Gasteiger partial charge is 0.335 e. The average Bonchev–Trinajstić information content (AvgIpc) is 2.33. The molecule has 0 unspecified atom stereocenters. The van der Waals surface area contributed by atoms with E-state index in [1.807, 2.05) is 6.07 Å². The Bertz CT molecular complexity index is 514. The van der Waals surface area contributed by atoms with Gasteiger partial charge in [-0.1, -0.05) is 29.4 Å². The topological polar surface area (TPSA) is 37.3 Å². The highest BCUT2D eigenvalue weighted by atomic mass is 16.4. The van der Waals surface area contributed by atoms with Crippen LogP contribution in [0.1, 0.15) is 49.2 Å². The predicted molar refractivity (Wildman–Crippen MR) is 79.7 cm³/mol. The van der Waals surface area contributed by atoms with Gasteiger partial charge in [-0.15, -0.1) is 0 Å². The van der Waals surface area contributed by atoms with Gasteiger partial charge in [0.1, 0.15) is 0 Å². The monoisotopic (exact) mass is 258 g/mol. The van der Waals surface area contributed by atoms with Gasteiger partial charge < -0.3 is 5.11 Å². The summed E-state index contributed by atoms with van der Waals surface area (Å²) in [4.78, 5) is 11.0. The molecule has 19 heavy (non-hydrogen) atoms. The van der Waals surface area contributed by atoms with Crippen LogP contribution in [0.25, 0.3) is 0 Å². The third kappa shape index (κ3) is 5.12. The molecule has 0 heterocycles. The van der Waals surface area contributed by atoms with E-state index < -0.39 is 5.97 Å². The molecule has 102 valence electrons. The Hall–Kier alpha value is -1.83. The Morgan fingerprint density at radius 2 is 1.53 bits per heavy atom. The summed E-state index contributed by atoms with van der Waals surface area (Å²) in [6.07, 6.45) is 5.94. The van der Waals surface area contributed by atoms with E-state index in [9.17, 15) is 4.79 Å².